The summed E-state index contributed by atoms with van der Waals surface area (Å²) in [5.74, 6) is 0. The van der Waals surface area contributed by atoms with Gasteiger partial charge < -0.3 is 5.11 Å². The van der Waals surface area contributed by atoms with Crippen LogP contribution in [0.1, 0.15) is 24.0 Å². The average Bonchev–Trinajstić information content (AvgIpc) is 2.81. The van der Waals surface area contributed by atoms with Crippen LogP contribution in [-0.2, 0) is 19.9 Å². The molecule has 0 amide bonds. The second-order valence-corrected chi connectivity index (χ2v) is 4.61. The number of aromatic nitrogens is 3. The Bertz CT molecular complexity index is 467. The molecule has 0 spiro atoms. The number of aryl methyl sites for hydroxylation is 3. The van der Waals surface area contributed by atoms with Crippen LogP contribution < -0.4 is 0 Å². The third-order valence-electron chi connectivity index (χ3n) is 3.04. The zero-order chi connectivity index (χ0) is 12.8. The molecular weight excluding hydrogens is 226 g/mol. The minimum atomic E-state index is -0.252. The Balaban J connectivity index is 1.71. The molecule has 2 heterocycles. The minimum absolute atomic E-state index is 0.252. The van der Waals surface area contributed by atoms with Gasteiger partial charge in [-0.05, 0) is 48.9 Å². The van der Waals surface area contributed by atoms with Crippen LogP contribution in [0.15, 0.2) is 36.9 Å². The highest BCUT2D eigenvalue weighted by atomic mass is 16.3. The molecule has 0 aliphatic heterocycles. The quantitative estimate of drug-likeness (QED) is 0.843. The van der Waals surface area contributed by atoms with Crippen LogP contribution in [-0.4, -0.2) is 26.0 Å². The first-order chi connectivity index (χ1) is 8.74. The Morgan fingerprint density at radius 2 is 1.83 bits per heavy atom. The first-order valence-electron chi connectivity index (χ1n) is 6.28. The van der Waals surface area contributed by atoms with Gasteiger partial charge in [0.1, 0.15) is 0 Å². The molecule has 0 saturated heterocycles. The van der Waals surface area contributed by atoms with Crippen molar-refractivity contribution in [3.63, 3.8) is 0 Å². The molecule has 0 fully saturated rings. The lowest BCUT2D eigenvalue weighted by molar-refractivity contribution is 0.155. The fraction of sp³-hybridized carbons (Fsp3) is 0.429. The van der Waals surface area contributed by atoms with Gasteiger partial charge in [-0.2, -0.15) is 5.10 Å². The molecule has 18 heavy (non-hydrogen) atoms. The number of aliphatic hydroxyl groups excluding tert-OH is 1. The van der Waals surface area contributed by atoms with Crippen molar-refractivity contribution >= 4 is 0 Å². The van der Waals surface area contributed by atoms with Gasteiger partial charge in [0.05, 0.1) is 12.3 Å². The van der Waals surface area contributed by atoms with E-state index in [0.717, 1.165) is 25.7 Å². The van der Waals surface area contributed by atoms with Crippen LogP contribution in [0, 0.1) is 0 Å². The van der Waals surface area contributed by atoms with Crippen molar-refractivity contribution in [2.75, 3.05) is 0 Å². The van der Waals surface area contributed by atoms with Gasteiger partial charge in [-0.15, -0.1) is 0 Å². The van der Waals surface area contributed by atoms with Crippen LogP contribution in [0.5, 0.6) is 0 Å². The highest BCUT2D eigenvalue weighted by Crippen LogP contribution is 2.09. The summed E-state index contributed by atoms with van der Waals surface area (Å²) in [6, 6.07) is 3.99. The Labute approximate surface area is 107 Å². The molecule has 0 aliphatic carbocycles. The van der Waals surface area contributed by atoms with E-state index in [1.165, 1.54) is 11.1 Å². The molecule has 0 saturated carbocycles. The van der Waals surface area contributed by atoms with Crippen LogP contribution in [0.4, 0.5) is 0 Å². The normalized spacial score (nSPS) is 12.6. The standard InChI is InChI=1S/C14H19N3O/c1-17-11-13(10-16-17)3-5-14(18)4-2-12-6-8-15-9-7-12/h6-11,14,18H,2-5H2,1H3. The first-order valence-corrected chi connectivity index (χ1v) is 6.28. The van der Waals surface area contributed by atoms with Crippen LogP contribution in [0.25, 0.3) is 0 Å². The van der Waals surface area contributed by atoms with Crippen molar-refractivity contribution in [1.82, 2.24) is 14.8 Å². The molecule has 2 aromatic heterocycles. The second kappa shape index (κ2) is 6.31. The highest BCUT2D eigenvalue weighted by Gasteiger charge is 2.06. The number of nitrogens with zero attached hydrogens (tertiary/aromatic N) is 3. The van der Waals surface area contributed by atoms with Crippen molar-refractivity contribution in [2.45, 2.75) is 31.8 Å². The molecule has 1 N–H and O–H groups in total. The summed E-state index contributed by atoms with van der Waals surface area (Å²) in [7, 11) is 1.91. The van der Waals surface area contributed by atoms with Crippen molar-refractivity contribution in [3.8, 4) is 0 Å². The number of rotatable bonds is 6. The summed E-state index contributed by atoms with van der Waals surface area (Å²) in [5.41, 5.74) is 2.41. The molecule has 1 atom stereocenters. The van der Waals surface area contributed by atoms with Gasteiger partial charge in [-0.25, -0.2) is 0 Å². The van der Waals surface area contributed by atoms with E-state index < -0.39 is 0 Å². The third kappa shape index (κ3) is 3.96. The highest BCUT2D eigenvalue weighted by molar-refractivity contribution is 5.09. The van der Waals surface area contributed by atoms with E-state index in [2.05, 4.69) is 10.1 Å². The lowest BCUT2D eigenvalue weighted by Gasteiger charge is -2.09. The summed E-state index contributed by atoms with van der Waals surface area (Å²) >= 11 is 0. The van der Waals surface area contributed by atoms with Gasteiger partial charge in [-0.3, -0.25) is 9.67 Å². The molecule has 0 radical (unpaired) electrons. The Kier molecular flexibility index (Phi) is 4.47. The molecule has 0 aliphatic rings. The Morgan fingerprint density at radius 3 is 2.44 bits per heavy atom. The summed E-state index contributed by atoms with van der Waals surface area (Å²) in [6.45, 7) is 0. The summed E-state index contributed by atoms with van der Waals surface area (Å²) in [5, 5.41) is 14.1. The van der Waals surface area contributed by atoms with E-state index in [4.69, 9.17) is 0 Å². The first kappa shape index (κ1) is 12.8. The van der Waals surface area contributed by atoms with E-state index >= 15 is 0 Å². The van der Waals surface area contributed by atoms with Gasteiger partial charge >= 0.3 is 0 Å². The molecule has 4 heteroatoms. The smallest absolute Gasteiger partial charge is 0.0546 e. The molecule has 96 valence electrons. The minimum Gasteiger partial charge on any atom is -0.393 e. The van der Waals surface area contributed by atoms with Crippen molar-refractivity contribution < 1.29 is 5.11 Å². The number of hydrogen-bond donors (Lipinski definition) is 1. The molecule has 1 unspecified atom stereocenters. The fourth-order valence-electron chi connectivity index (χ4n) is 1.96. The summed E-state index contributed by atoms with van der Waals surface area (Å²) < 4.78 is 1.79. The van der Waals surface area contributed by atoms with Crippen LogP contribution in [0.3, 0.4) is 0 Å². The SMILES string of the molecule is Cn1cc(CCC(O)CCc2ccncc2)cn1. The number of aliphatic hydroxyl groups is 1. The molecular formula is C14H19N3O. The predicted octanol–water partition coefficient (Wildman–Crippen LogP) is 1.74. The maximum absolute atomic E-state index is 9.94. The molecule has 2 aromatic rings. The monoisotopic (exact) mass is 245 g/mol. The van der Waals surface area contributed by atoms with Crippen molar-refractivity contribution in [1.29, 1.82) is 0 Å². The lowest BCUT2D eigenvalue weighted by atomic mass is 10.0. The maximum Gasteiger partial charge on any atom is 0.0546 e. The summed E-state index contributed by atoms with van der Waals surface area (Å²) in [4.78, 5) is 3.98. The maximum atomic E-state index is 9.94. The lowest BCUT2D eigenvalue weighted by Crippen LogP contribution is -2.09. The number of pyridine rings is 1. The van der Waals surface area contributed by atoms with Gasteiger partial charge in [0.25, 0.3) is 0 Å². The fourth-order valence-corrected chi connectivity index (χ4v) is 1.96. The number of hydrogen-bond acceptors (Lipinski definition) is 3. The van der Waals surface area contributed by atoms with Crippen LogP contribution in [0.2, 0.25) is 0 Å². The predicted molar refractivity (Wildman–Crippen MR) is 70.1 cm³/mol. The Hall–Kier alpha value is -1.68. The average molecular weight is 245 g/mol. The molecule has 0 bridgehead atoms. The third-order valence-corrected chi connectivity index (χ3v) is 3.04. The van der Waals surface area contributed by atoms with E-state index in [0.29, 0.717) is 0 Å². The van der Waals surface area contributed by atoms with E-state index in [9.17, 15) is 5.11 Å². The van der Waals surface area contributed by atoms with Gasteiger partial charge in [0.15, 0.2) is 0 Å². The van der Waals surface area contributed by atoms with Crippen molar-refractivity contribution in [2.24, 2.45) is 7.05 Å². The van der Waals surface area contributed by atoms with Gasteiger partial charge in [-0.1, -0.05) is 0 Å². The van der Waals surface area contributed by atoms with Crippen molar-refractivity contribution in [3.05, 3.63) is 48.0 Å². The van der Waals surface area contributed by atoms with E-state index in [1.54, 1.807) is 17.1 Å². The van der Waals surface area contributed by atoms with Gasteiger partial charge in [0, 0.05) is 25.6 Å². The summed E-state index contributed by atoms with van der Waals surface area (Å²) in [6.07, 6.45) is 10.5. The zero-order valence-electron chi connectivity index (χ0n) is 10.7. The zero-order valence-corrected chi connectivity index (χ0v) is 10.7. The molecule has 2 rings (SSSR count). The van der Waals surface area contributed by atoms with Crippen LogP contribution >= 0.6 is 0 Å². The molecule has 4 nitrogen and oxygen atoms in total. The van der Waals surface area contributed by atoms with E-state index in [1.807, 2.05) is 31.6 Å². The molecule has 0 aromatic carbocycles. The Morgan fingerprint density at radius 1 is 1.17 bits per heavy atom. The van der Waals surface area contributed by atoms with E-state index in [-0.39, 0.29) is 6.10 Å². The largest absolute Gasteiger partial charge is 0.393 e. The van der Waals surface area contributed by atoms with Gasteiger partial charge in [0.2, 0.25) is 0 Å². The topological polar surface area (TPSA) is 50.9 Å². The second-order valence-electron chi connectivity index (χ2n) is 4.61.